The number of anilines is 2. The zero-order chi connectivity index (χ0) is 15.8. The Kier molecular flexibility index (Phi) is 6.33. The number of amides is 1. The van der Waals surface area contributed by atoms with Gasteiger partial charge in [-0.2, -0.15) is 0 Å². The summed E-state index contributed by atoms with van der Waals surface area (Å²) in [4.78, 5) is 20.2. The number of hydrogen-bond donors (Lipinski definition) is 2. The normalized spacial score (nSPS) is 10.3. The molecule has 5 nitrogen and oxygen atoms in total. The second-order valence-corrected chi connectivity index (χ2v) is 5.81. The highest BCUT2D eigenvalue weighted by Gasteiger charge is 2.06. The number of aromatic nitrogens is 2. The first-order chi connectivity index (χ1) is 10.7. The third kappa shape index (κ3) is 5.11. The molecule has 2 aromatic rings. The summed E-state index contributed by atoms with van der Waals surface area (Å²) < 4.78 is 0.973. The molecule has 1 heterocycles. The standard InChI is InChI=1S/C16H19BrN4O/c1-2-3-4-8-18-15(22)12-10-19-16(20-11-12)21-14-7-5-6-13(17)9-14/h5-7,9-11H,2-4,8H2,1H3,(H,18,22)(H,19,20,21). The molecule has 1 amide bonds. The molecule has 22 heavy (non-hydrogen) atoms. The number of rotatable bonds is 7. The second-order valence-electron chi connectivity index (χ2n) is 4.89. The molecule has 0 bridgehead atoms. The molecule has 0 aliphatic carbocycles. The summed E-state index contributed by atoms with van der Waals surface area (Å²) in [6.45, 7) is 2.82. The van der Waals surface area contributed by atoms with Crippen molar-refractivity contribution in [3.8, 4) is 0 Å². The first-order valence-electron chi connectivity index (χ1n) is 7.32. The van der Waals surface area contributed by atoms with Gasteiger partial charge >= 0.3 is 0 Å². The van der Waals surface area contributed by atoms with Crippen molar-refractivity contribution in [1.82, 2.24) is 15.3 Å². The summed E-state index contributed by atoms with van der Waals surface area (Å²) in [7, 11) is 0. The third-order valence-corrected chi connectivity index (χ3v) is 3.55. The average Bonchev–Trinajstić information content (AvgIpc) is 2.52. The smallest absolute Gasteiger partial charge is 0.254 e. The van der Waals surface area contributed by atoms with E-state index >= 15 is 0 Å². The highest BCUT2D eigenvalue weighted by atomic mass is 79.9. The summed E-state index contributed by atoms with van der Waals surface area (Å²) in [5.74, 6) is 0.325. The van der Waals surface area contributed by atoms with Gasteiger partial charge in [0.1, 0.15) is 0 Å². The molecule has 0 aliphatic heterocycles. The quantitative estimate of drug-likeness (QED) is 0.732. The number of benzene rings is 1. The highest BCUT2D eigenvalue weighted by Crippen LogP contribution is 2.18. The predicted octanol–water partition coefficient (Wildman–Crippen LogP) is 3.90. The van der Waals surface area contributed by atoms with E-state index in [9.17, 15) is 4.79 Å². The van der Waals surface area contributed by atoms with Crippen LogP contribution < -0.4 is 10.6 Å². The topological polar surface area (TPSA) is 66.9 Å². The number of nitrogens with zero attached hydrogens (tertiary/aromatic N) is 2. The molecular formula is C16H19BrN4O. The van der Waals surface area contributed by atoms with Gasteiger partial charge in [-0.3, -0.25) is 4.79 Å². The Morgan fingerprint density at radius 3 is 2.68 bits per heavy atom. The van der Waals surface area contributed by atoms with Crippen molar-refractivity contribution < 1.29 is 4.79 Å². The summed E-state index contributed by atoms with van der Waals surface area (Å²) in [5.41, 5.74) is 1.35. The van der Waals surface area contributed by atoms with Crippen molar-refractivity contribution in [1.29, 1.82) is 0 Å². The van der Waals surface area contributed by atoms with Crippen LogP contribution in [0, 0.1) is 0 Å². The van der Waals surface area contributed by atoms with Gasteiger partial charge in [-0.1, -0.05) is 41.8 Å². The van der Waals surface area contributed by atoms with Crippen LogP contribution in [0.3, 0.4) is 0 Å². The fraction of sp³-hybridized carbons (Fsp3) is 0.312. The highest BCUT2D eigenvalue weighted by molar-refractivity contribution is 9.10. The molecule has 0 radical (unpaired) electrons. The number of unbranched alkanes of at least 4 members (excludes halogenated alkanes) is 2. The predicted molar refractivity (Wildman–Crippen MR) is 91.3 cm³/mol. The molecule has 0 atom stereocenters. The summed E-state index contributed by atoms with van der Waals surface area (Å²) in [5, 5.41) is 5.95. The Labute approximate surface area is 138 Å². The van der Waals surface area contributed by atoms with Crippen LogP contribution >= 0.6 is 15.9 Å². The molecule has 1 aromatic carbocycles. The van der Waals surface area contributed by atoms with E-state index in [0.717, 1.165) is 29.4 Å². The summed E-state index contributed by atoms with van der Waals surface area (Å²) in [6, 6.07) is 7.71. The molecule has 0 unspecified atom stereocenters. The van der Waals surface area contributed by atoms with E-state index in [1.54, 1.807) is 0 Å². The molecule has 2 N–H and O–H groups in total. The number of carbonyl (C=O) groups excluding carboxylic acids is 1. The van der Waals surface area contributed by atoms with Crippen LogP contribution in [0.1, 0.15) is 36.5 Å². The minimum atomic E-state index is -0.134. The maximum absolute atomic E-state index is 11.9. The number of carbonyl (C=O) groups is 1. The van der Waals surface area contributed by atoms with Crippen LogP contribution in [-0.2, 0) is 0 Å². The van der Waals surface area contributed by atoms with Gasteiger partial charge in [0.2, 0.25) is 5.95 Å². The second kappa shape index (κ2) is 8.48. The molecule has 6 heteroatoms. The molecule has 116 valence electrons. The lowest BCUT2D eigenvalue weighted by atomic mass is 10.2. The Morgan fingerprint density at radius 2 is 2.00 bits per heavy atom. The van der Waals surface area contributed by atoms with Crippen molar-refractivity contribution >= 4 is 33.5 Å². The van der Waals surface area contributed by atoms with E-state index in [1.165, 1.54) is 12.4 Å². The summed E-state index contributed by atoms with van der Waals surface area (Å²) in [6.07, 6.45) is 6.30. The third-order valence-electron chi connectivity index (χ3n) is 3.06. The van der Waals surface area contributed by atoms with Crippen molar-refractivity contribution in [2.45, 2.75) is 26.2 Å². The van der Waals surface area contributed by atoms with E-state index < -0.39 is 0 Å². The summed E-state index contributed by atoms with van der Waals surface area (Å²) >= 11 is 3.41. The number of halogens is 1. The van der Waals surface area contributed by atoms with Crippen molar-refractivity contribution in [3.05, 3.63) is 46.7 Å². The van der Waals surface area contributed by atoms with E-state index in [2.05, 4.69) is 43.5 Å². The van der Waals surface area contributed by atoms with Gasteiger partial charge in [-0.25, -0.2) is 9.97 Å². The van der Waals surface area contributed by atoms with E-state index in [-0.39, 0.29) is 5.91 Å². The molecule has 0 saturated heterocycles. The first kappa shape index (κ1) is 16.4. The van der Waals surface area contributed by atoms with E-state index in [1.807, 2.05) is 24.3 Å². The van der Waals surface area contributed by atoms with Crippen molar-refractivity contribution in [2.75, 3.05) is 11.9 Å². The Bertz CT molecular complexity index is 616. The SMILES string of the molecule is CCCCCNC(=O)c1cnc(Nc2cccc(Br)c2)nc1. The van der Waals surface area contributed by atoms with Gasteiger partial charge in [-0.15, -0.1) is 0 Å². The fourth-order valence-corrected chi connectivity index (χ4v) is 2.28. The van der Waals surface area contributed by atoms with Crippen molar-refractivity contribution in [2.24, 2.45) is 0 Å². The maximum Gasteiger partial charge on any atom is 0.254 e. The maximum atomic E-state index is 11.9. The van der Waals surface area contributed by atoms with E-state index in [4.69, 9.17) is 0 Å². The van der Waals surface area contributed by atoms with E-state index in [0.29, 0.717) is 18.1 Å². The molecular weight excluding hydrogens is 344 g/mol. The molecule has 2 rings (SSSR count). The lowest BCUT2D eigenvalue weighted by Crippen LogP contribution is -2.24. The zero-order valence-electron chi connectivity index (χ0n) is 12.5. The average molecular weight is 363 g/mol. The van der Waals surface area contributed by atoms with Gasteiger partial charge in [0.25, 0.3) is 5.91 Å². The van der Waals surface area contributed by atoms with Crippen molar-refractivity contribution in [3.63, 3.8) is 0 Å². The molecule has 0 aliphatic rings. The van der Waals surface area contributed by atoms with Crippen LogP contribution in [0.5, 0.6) is 0 Å². The van der Waals surface area contributed by atoms with Crippen LogP contribution in [0.15, 0.2) is 41.1 Å². The Balaban J connectivity index is 1.91. The van der Waals surface area contributed by atoms with Gasteiger partial charge < -0.3 is 10.6 Å². The lowest BCUT2D eigenvalue weighted by molar-refractivity contribution is 0.0952. The minimum absolute atomic E-state index is 0.134. The van der Waals surface area contributed by atoms with Gasteiger partial charge in [-0.05, 0) is 24.6 Å². The van der Waals surface area contributed by atoms with Crippen LogP contribution in [-0.4, -0.2) is 22.4 Å². The molecule has 0 saturated carbocycles. The lowest BCUT2D eigenvalue weighted by Gasteiger charge is -2.07. The first-order valence-corrected chi connectivity index (χ1v) is 8.11. The Hall–Kier alpha value is -1.95. The minimum Gasteiger partial charge on any atom is -0.352 e. The largest absolute Gasteiger partial charge is 0.352 e. The number of hydrogen-bond acceptors (Lipinski definition) is 4. The molecule has 0 fully saturated rings. The molecule has 1 aromatic heterocycles. The van der Waals surface area contributed by atoms with Crippen LogP contribution in [0.2, 0.25) is 0 Å². The fourth-order valence-electron chi connectivity index (χ4n) is 1.88. The van der Waals surface area contributed by atoms with Crippen LogP contribution in [0.25, 0.3) is 0 Å². The monoisotopic (exact) mass is 362 g/mol. The molecule has 0 spiro atoms. The van der Waals surface area contributed by atoms with Crippen LogP contribution in [0.4, 0.5) is 11.6 Å². The number of nitrogens with one attached hydrogen (secondary N) is 2. The Morgan fingerprint density at radius 1 is 1.23 bits per heavy atom. The van der Waals surface area contributed by atoms with Gasteiger partial charge in [0.15, 0.2) is 0 Å². The zero-order valence-corrected chi connectivity index (χ0v) is 14.1. The van der Waals surface area contributed by atoms with Gasteiger partial charge in [0, 0.05) is 29.1 Å². The van der Waals surface area contributed by atoms with Gasteiger partial charge in [0.05, 0.1) is 5.56 Å².